The zero-order chi connectivity index (χ0) is 14.2. The van der Waals surface area contributed by atoms with Crippen molar-refractivity contribution in [3.63, 3.8) is 0 Å². The molecule has 20 heavy (non-hydrogen) atoms. The minimum Gasteiger partial charge on any atom is -0.303 e. The smallest absolute Gasteiger partial charge is 0.0343 e. The maximum atomic E-state index is 4.29. The van der Waals surface area contributed by atoms with E-state index in [0.717, 1.165) is 0 Å². The molecule has 1 heterocycles. The SMILES string of the molecule is CCCN(CCC)CC1CCCC=C1c1cccnc1. The molecule has 0 fully saturated rings. The fraction of sp³-hybridized carbons (Fsp3) is 0.611. The molecule has 0 aromatic carbocycles. The quantitative estimate of drug-likeness (QED) is 0.732. The van der Waals surface area contributed by atoms with Crippen molar-refractivity contribution in [3.05, 3.63) is 36.2 Å². The van der Waals surface area contributed by atoms with Crippen LogP contribution in [0, 0.1) is 5.92 Å². The Morgan fingerprint density at radius 1 is 1.25 bits per heavy atom. The first-order valence-electron chi connectivity index (χ1n) is 8.18. The molecular weight excluding hydrogens is 244 g/mol. The van der Waals surface area contributed by atoms with Gasteiger partial charge in [0.15, 0.2) is 0 Å². The third-order valence-corrected chi connectivity index (χ3v) is 4.11. The van der Waals surface area contributed by atoms with E-state index in [1.165, 1.54) is 62.9 Å². The van der Waals surface area contributed by atoms with Crippen LogP contribution in [0.5, 0.6) is 0 Å². The van der Waals surface area contributed by atoms with Crippen molar-refractivity contribution in [1.29, 1.82) is 0 Å². The molecule has 1 aromatic heterocycles. The summed E-state index contributed by atoms with van der Waals surface area (Å²) in [4.78, 5) is 6.93. The summed E-state index contributed by atoms with van der Waals surface area (Å²) in [5.41, 5.74) is 2.85. The first kappa shape index (κ1) is 15.2. The lowest BCUT2D eigenvalue weighted by Crippen LogP contribution is -2.32. The topological polar surface area (TPSA) is 16.1 Å². The standard InChI is InChI=1S/C18H28N2/c1-3-12-20(13-4-2)15-17-8-5-6-10-18(17)16-9-7-11-19-14-16/h7,9-11,14,17H,3-6,8,12-13,15H2,1-2H3. The number of allylic oxidation sites excluding steroid dienone is 1. The van der Waals surface area contributed by atoms with Gasteiger partial charge in [0.2, 0.25) is 0 Å². The fourth-order valence-electron chi connectivity index (χ4n) is 3.26. The lowest BCUT2D eigenvalue weighted by molar-refractivity contribution is 0.244. The van der Waals surface area contributed by atoms with Crippen LogP contribution in [0.3, 0.4) is 0 Å². The second-order valence-corrected chi connectivity index (χ2v) is 5.83. The van der Waals surface area contributed by atoms with E-state index in [-0.39, 0.29) is 0 Å². The van der Waals surface area contributed by atoms with Crippen LogP contribution in [0.4, 0.5) is 0 Å². The number of pyridine rings is 1. The van der Waals surface area contributed by atoms with Crippen LogP contribution in [0.2, 0.25) is 0 Å². The number of hydrogen-bond donors (Lipinski definition) is 0. The summed E-state index contributed by atoms with van der Waals surface area (Å²) in [6, 6.07) is 4.26. The highest BCUT2D eigenvalue weighted by atomic mass is 15.1. The minimum atomic E-state index is 0.686. The molecule has 0 aliphatic heterocycles. The van der Waals surface area contributed by atoms with Crippen molar-refractivity contribution in [1.82, 2.24) is 9.88 Å². The summed E-state index contributed by atoms with van der Waals surface area (Å²) in [6.45, 7) is 8.22. The van der Waals surface area contributed by atoms with Crippen molar-refractivity contribution in [2.75, 3.05) is 19.6 Å². The summed E-state index contributed by atoms with van der Waals surface area (Å²) >= 11 is 0. The fourth-order valence-corrected chi connectivity index (χ4v) is 3.26. The molecule has 2 heteroatoms. The molecule has 0 N–H and O–H groups in total. The molecule has 0 amide bonds. The molecule has 1 aromatic rings. The first-order chi connectivity index (χ1) is 9.85. The van der Waals surface area contributed by atoms with Gasteiger partial charge in [-0.2, -0.15) is 0 Å². The van der Waals surface area contributed by atoms with Gasteiger partial charge in [0.25, 0.3) is 0 Å². The Bertz CT molecular complexity index is 405. The van der Waals surface area contributed by atoms with Crippen molar-refractivity contribution < 1.29 is 0 Å². The van der Waals surface area contributed by atoms with E-state index in [2.05, 4.69) is 41.9 Å². The van der Waals surface area contributed by atoms with Crippen LogP contribution >= 0.6 is 0 Å². The maximum Gasteiger partial charge on any atom is 0.0343 e. The Morgan fingerprint density at radius 3 is 2.70 bits per heavy atom. The zero-order valence-electron chi connectivity index (χ0n) is 13.0. The average Bonchev–Trinajstić information content (AvgIpc) is 2.49. The Balaban J connectivity index is 2.08. The van der Waals surface area contributed by atoms with Crippen LogP contribution in [-0.4, -0.2) is 29.5 Å². The van der Waals surface area contributed by atoms with E-state index in [4.69, 9.17) is 0 Å². The van der Waals surface area contributed by atoms with E-state index < -0.39 is 0 Å². The van der Waals surface area contributed by atoms with Gasteiger partial charge in [0, 0.05) is 18.9 Å². The summed E-state index contributed by atoms with van der Waals surface area (Å²) in [5, 5.41) is 0. The Labute approximate surface area is 123 Å². The largest absolute Gasteiger partial charge is 0.303 e. The molecule has 1 aliphatic rings. The van der Waals surface area contributed by atoms with Crippen LogP contribution in [-0.2, 0) is 0 Å². The zero-order valence-corrected chi connectivity index (χ0v) is 13.0. The van der Waals surface area contributed by atoms with Gasteiger partial charge in [0.1, 0.15) is 0 Å². The number of hydrogen-bond acceptors (Lipinski definition) is 2. The van der Waals surface area contributed by atoms with Gasteiger partial charge in [-0.15, -0.1) is 0 Å². The van der Waals surface area contributed by atoms with Gasteiger partial charge in [0.05, 0.1) is 0 Å². The molecule has 1 aliphatic carbocycles. The van der Waals surface area contributed by atoms with E-state index in [1.54, 1.807) is 0 Å². The van der Waals surface area contributed by atoms with Crippen molar-refractivity contribution in [2.45, 2.75) is 46.0 Å². The molecule has 110 valence electrons. The molecule has 2 nitrogen and oxygen atoms in total. The molecule has 0 saturated carbocycles. The summed E-state index contributed by atoms with van der Waals surface area (Å²) < 4.78 is 0. The molecule has 2 rings (SSSR count). The third-order valence-electron chi connectivity index (χ3n) is 4.11. The molecular formula is C18H28N2. The monoisotopic (exact) mass is 272 g/mol. The van der Waals surface area contributed by atoms with Gasteiger partial charge in [-0.3, -0.25) is 4.98 Å². The van der Waals surface area contributed by atoms with E-state index in [1.807, 2.05) is 12.4 Å². The number of nitrogens with zero attached hydrogens (tertiary/aromatic N) is 2. The van der Waals surface area contributed by atoms with Crippen LogP contribution in [0.1, 0.15) is 51.5 Å². The number of aromatic nitrogens is 1. The summed E-state index contributed by atoms with van der Waals surface area (Å²) in [6.07, 6.45) is 12.7. The second kappa shape index (κ2) is 8.21. The van der Waals surface area contributed by atoms with Gasteiger partial charge in [-0.25, -0.2) is 0 Å². The highest BCUT2D eigenvalue weighted by Gasteiger charge is 2.21. The average molecular weight is 272 g/mol. The molecule has 0 spiro atoms. The Kier molecular flexibility index (Phi) is 6.25. The van der Waals surface area contributed by atoms with Gasteiger partial charge in [-0.05, 0) is 68.3 Å². The van der Waals surface area contributed by atoms with Crippen LogP contribution in [0.25, 0.3) is 5.57 Å². The van der Waals surface area contributed by atoms with E-state index in [0.29, 0.717) is 5.92 Å². The highest BCUT2D eigenvalue weighted by Crippen LogP contribution is 2.32. The lowest BCUT2D eigenvalue weighted by atomic mass is 9.83. The molecule has 0 bridgehead atoms. The van der Waals surface area contributed by atoms with Crippen LogP contribution in [0.15, 0.2) is 30.6 Å². The van der Waals surface area contributed by atoms with Gasteiger partial charge in [-0.1, -0.05) is 26.0 Å². The summed E-state index contributed by atoms with van der Waals surface area (Å²) in [7, 11) is 0. The van der Waals surface area contributed by atoms with Crippen molar-refractivity contribution in [3.8, 4) is 0 Å². The van der Waals surface area contributed by atoms with Crippen LogP contribution < -0.4 is 0 Å². The molecule has 1 atom stereocenters. The predicted octanol–water partition coefficient (Wildman–Crippen LogP) is 4.39. The summed E-state index contributed by atoms with van der Waals surface area (Å²) in [5.74, 6) is 0.686. The molecule has 0 radical (unpaired) electrons. The minimum absolute atomic E-state index is 0.686. The lowest BCUT2D eigenvalue weighted by Gasteiger charge is -2.31. The Hall–Kier alpha value is -1.15. The number of rotatable bonds is 7. The second-order valence-electron chi connectivity index (χ2n) is 5.83. The third kappa shape index (κ3) is 4.17. The highest BCUT2D eigenvalue weighted by molar-refractivity contribution is 5.67. The predicted molar refractivity (Wildman–Crippen MR) is 86.6 cm³/mol. The van der Waals surface area contributed by atoms with Gasteiger partial charge < -0.3 is 4.90 Å². The molecule has 1 unspecified atom stereocenters. The maximum absolute atomic E-state index is 4.29. The molecule has 0 saturated heterocycles. The van der Waals surface area contributed by atoms with E-state index >= 15 is 0 Å². The Morgan fingerprint density at radius 2 is 2.05 bits per heavy atom. The van der Waals surface area contributed by atoms with E-state index in [9.17, 15) is 0 Å². The van der Waals surface area contributed by atoms with Crippen molar-refractivity contribution >= 4 is 5.57 Å². The first-order valence-corrected chi connectivity index (χ1v) is 8.18. The van der Waals surface area contributed by atoms with Gasteiger partial charge >= 0.3 is 0 Å². The van der Waals surface area contributed by atoms with Crippen molar-refractivity contribution in [2.24, 2.45) is 5.92 Å². The normalized spacial score (nSPS) is 19.1.